The highest BCUT2D eigenvalue weighted by Gasteiger charge is 2.49. The molecule has 0 aromatic heterocycles. The first-order chi connectivity index (χ1) is 14.7. The zero-order valence-electron chi connectivity index (χ0n) is 17.0. The molecule has 0 saturated carbocycles. The summed E-state index contributed by atoms with van der Waals surface area (Å²) in [6, 6.07) is 12.2. The fraction of sp³-hybridized carbons (Fsp3) is 0.318. The molecule has 0 radical (unpaired) electrons. The van der Waals surface area contributed by atoms with Crippen LogP contribution in [0.15, 0.2) is 53.6 Å². The molecule has 0 fully saturated rings. The molecule has 1 unspecified atom stereocenters. The Hall–Kier alpha value is -2.78. The number of aliphatic hydroxyl groups excluding tert-OH is 1. The zero-order chi connectivity index (χ0) is 22.6. The van der Waals surface area contributed by atoms with Crippen LogP contribution in [0.2, 0.25) is 0 Å². The third-order valence-electron chi connectivity index (χ3n) is 4.96. The van der Waals surface area contributed by atoms with Crippen molar-refractivity contribution in [2.45, 2.75) is 43.6 Å². The number of unbranched alkanes of at least 4 members (excludes halogenated alkanes) is 1. The predicted molar refractivity (Wildman–Crippen MR) is 118 cm³/mol. The van der Waals surface area contributed by atoms with E-state index in [1.165, 1.54) is 11.9 Å². The van der Waals surface area contributed by atoms with Gasteiger partial charge in [-0.1, -0.05) is 42.1 Å². The summed E-state index contributed by atoms with van der Waals surface area (Å²) >= 11 is 1.15. The van der Waals surface area contributed by atoms with Crippen LogP contribution >= 0.6 is 11.8 Å². The minimum atomic E-state index is -1.33. The van der Waals surface area contributed by atoms with E-state index >= 15 is 0 Å². The lowest BCUT2D eigenvalue weighted by atomic mass is 9.98. The number of nitrogens with one attached hydrogen (secondary N) is 1. The van der Waals surface area contributed by atoms with Crippen LogP contribution in [0.5, 0.6) is 0 Å². The van der Waals surface area contributed by atoms with Crippen LogP contribution < -0.4 is 5.73 Å². The summed E-state index contributed by atoms with van der Waals surface area (Å²) in [4.78, 5) is 11.9. The number of carbonyl (C=O) groups excluding carboxylic acids is 1. The SMILES string of the molecule is C[C@H](O)C(=O)N1N=C(c2cc(F)ccc2F)SC1(CCCCC(=N)N)c1ccccc1. The van der Waals surface area contributed by atoms with Gasteiger partial charge in [0.2, 0.25) is 0 Å². The van der Waals surface area contributed by atoms with E-state index < -0.39 is 28.5 Å². The van der Waals surface area contributed by atoms with Gasteiger partial charge in [-0.25, -0.2) is 13.8 Å². The van der Waals surface area contributed by atoms with Gasteiger partial charge in [-0.3, -0.25) is 10.2 Å². The highest BCUT2D eigenvalue weighted by Crippen LogP contribution is 2.51. The molecular weight excluding hydrogens is 422 g/mol. The van der Waals surface area contributed by atoms with Gasteiger partial charge in [-0.2, -0.15) is 5.10 Å². The van der Waals surface area contributed by atoms with Gasteiger partial charge in [0, 0.05) is 12.0 Å². The van der Waals surface area contributed by atoms with Crippen molar-refractivity contribution < 1.29 is 18.7 Å². The maximum absolute atomic E-state index is 14.5. The molecule has 0 bridgehead atoms. The Morgan fingerprint density at radius 1 is 1.26 bits per heavy atom. The molecule has 6 nitrogen and oxygen atoms in total. The van der Waals surface area contributed by atoms with E-state index in [0.29, 0.717) is 25.7 Å². The van der Waals surface area contributed by atoms with Crippen molar-refractivity contribution in [1.29, 1.82) is 5.41 Å². The summed E-state index contributed by atoms with van der Waals surface area (Å²) in [6.45, 7) is 1.34. The summed E-state index contributed by atoms with van der Waals surface area (Å²) in [5, 5.41) is 23.1. The number of hydrazone groups is 1. The van der Waals surface area contributed by atoms with Crippen molar-refractivity contribution in [3.05, 3.63) is 71.3 Å². The van der Waals surface area contributed by atoms with Gasteiger partial charge in [-0.05, 0) is 49.9 Å². The van der Waals surface area contributed by atoms with Crippen LogP contribution in [-0.4, -0.2) is 33.0 Å². The van der Waals surface area contributed by atoms with Crippen LogP contribution in [0.1, 0.15) is 43.7 Å². The molecule has 1 amide bonds. The molecule has 4 N–H and O–H groups in total. The molecule has 2 aromatic carbocycles. The first-order valence-corrected chi connectivity index (χ1v) is 10.7. The summed E-state index contributed by atoms with van der Waals surface area (Å²) < 4.78 is 28.3. The summed E-state index contributed by atoms with van der Waals surface area (Å²) in [7, 11) is 0. The second-order valence-electron chi connectivity index (χ2n) is 7.34. The Balaban J connectivity index is 2.07. The third-order valence-corrected chi connectivity index (χ3v) is 6.41. The number of rotatable bonds is 8. The predicted octanol–water partition coefficient (Wildman–Crippen LogP) is 3.93. The van der Waals surface area contributed by atoms with Gasteiger partial charge < -0.3 is 10.8 Å². The van der Waals surface area contributed by atoms with Crippen molar-refractivity contribution in [3.8, 4) is 0 Å². The molecule has 1 aliphatic heterocycles. The van der Waals surface area contributed by atoms with E-state index in [1.807, 2.05) is 30.3 Å². The number of amides is 1. The molecule has 9 heteroatoms. The first kappa shape index (κ1) is 22.9. The average molecular weight is 447 g/mol. The highest BCUT2D eigenvalue weighted by molar-refractivity contribution is 8.15. The van der Waals surface area contributed by atoms with Crippen molar-refractivity contribution in [3.63, 3.8) is 0 Å². The Labute approximate surface area is 183 Å². The Morgan fingerprint density at radius 2 is 1.97 bits per heavy atom. The standard InChI is InChI=1S/C22H24F2N4O2S/c1-14(29)21(30)28-22(12-6-5-9-19(25)26,15-7-3-2-4-8-15)31-20(27-28)17-13-16(23)10-11-18(17)24/h2-4,7-8,10-11,13-14,29H,5-6,9,12H2,1H3,(H3,25,26)/t14-,22?/m0/s1. The molecular formula is C22H24F2N4O2S. The van der Waals surface area contributed by atoms with Crippen LogP contribution in [0.3, 0.4) is 0 Å². The smallest absolute Gasteiger partial charge is 0.272 e. The van der Waals surface area contributed by atoms with Crippen LogP contribution in [0.25, 0.3) is 0 Å². The topological polar surface area (TPSA) is 103 Å². The lowest BCUT2D eigenvalue weighted by Crippen LogP contribution is -2.45. The van der Waals surface area contributed by atoms with Gasteiger partial charge in [0.25, 0.3) is 5.91 Å². The van der Waals surface area contributed by atoms with Crippen LogP contribution in [-0.2, 0) is 9.67 Å². The molecule has 0 spiro atoms. The number of aliphatic hydroxyl groups is 1. The first-order valence-electron chi connectivity index (χ1n) is 9.88. The van der Waals surface area contributed by atoms with Crippen LogP contribution in [0, 0.1) is 17.0 Å². The molecule has 3 rings (SSSR count). The molecule has 31 heavy (non-hydrogen) atoms. The van der Waals surface area contributed by atoms with E-state index in [4.69, 9.17) is 11.1 Å². The number of halogens is 2. The van der Waals surface area contributed by atoms with Crippen molar-refractivity contribution in [1.82, 2.24) is 5.01 Å². The van der Waals surface area contributed by atoms with Gasteiger partial charge in [0.15, 0.2) is 0 Å². The fourth-order valence-electron chi connectivity index (χ4n) is 3.43. The Bertz CT molecular complexity index is 1000. The van der Waals surface area contributed by atoms with Gasteiger partial charge in [0.05, 0.1) is 5.84 Å². The van der Waals surface area contributed by atoms with Crippen molar-refractivity contribution in [2.75, 3.05) is 0 Å². The highest BCUT2D eigenvalue weighted by atomic mass is 32.2. The molecule has 0 aliphatic carbocycles. The third kappa shape index (κ3) is 4.94. The van der Waals surface area contributed by atoms with E-state index in [-0.39, 0.29) is 16.4 Å². The summed E-state index contributed by atoms with van der Waals surface area (Å²) in [5.74, 6) is -1.84. The number of nitrogens with zero attached hydrogens (tertiary/aromatic N) is 2. The van der Waals surface area contributed by atoms with Crippen molar-refractivity contribution in [2.24, 2.45) is 10.8 Å². The second kappa shape index (κ2) is 9.57. The number of amidine groups is 1. The summed E-state index contributed by atoms with van der Waals surface area (Å²) in [5.41, 5.74) is 6.15. The van der Waals surface area contributed by atoms with E-state index in [0.717, 1.165) is 35.5 Å². The van der Waals surface area contributed by atoms with Gasteiger partial charge >= 0.3 is 0 Å². The number of hydrogen-bond acceptors (Lipinski definition) is 5. The number of thioether (sulfide) groups is 1. The Kier molecular flexibility index (Phi) is 7.07. The Morgan fingerprint density at radius 3 is 2.61 bits per heavy atom. The lowest BCUT2D eigenvalue weighted by molar-refractivity contribution is -0.143. The average Bonchev–Trinajstić information content (AvgIpc) is 3.13. The van der Waals surface area contributed by atoms with E-state index in [2.05, 4.69) is 5.10 Å². The monoisotopic (exact) mass is 446 g/mol. The molecule has 0 saturated heterocycles. The van der Waals surface area contributed by atoms with E-state index in [1.54, 1.807) is 0 Å². The minimum Gasteiger partial charge on any atom is -0.388 e. The maximum atomic E-state index is 14.5. The van der Waals surface area contributed by atoms with Crippen LogP contribution in [0.4, 0.5) is 8.78 Å². The normalized spacial score (nSPS) is 19.2. The fourth-order valence-corrected chi connectivity index (χ4v) is 4.86. The quantitative estimate of drug-likeness (QED) is 0.325. The van der Waals surface area contributed by atoms with Gasteiger partial charge in [-0.15, -0.1) is 0 Å². The number of benzene rings is 2. The summed E-state index contributed by atoms with van der Waals surface area (Å²) in [6.07, 6.45) is 0.703. The number of nitrogens with two attached hydrogens (primary N) is 1. The molecule has 2 aromatic rings. The van der Waals surface area contributed by atoms with Crippen molar-refractivity contribution >= 4 is 28.5 Å². The minimum absolute atomic E-state index is 0.0464. The number of carbonyl (C=O) groups is 1. The molecule has 2 atom stereocenters. The lowest BCUT2D eigenvalue weighted by Gasteiger charge is -2.36. The van der Waals surface area contributed by atoms with E-state index in [9.17, 15) is 18.7 Å². The largest absolute Gasteiger partial charge is 0.388 e. The zero-order valence-corrected chi connectivity index (χ0v) is 17.8. The molecule has 1 aliphatic rings. The number of hydrogen-bond donors (Lipinski definition) is 3. The maximum Gasteiger partial charge on any atom is 0.272 e. The van der Waals surface area contributed by atoms with Gasteiger partial charge in [0.1, 0.15) is 27.7 Å². The molecule has 164 valence electrons. The second-order valence-corrected chi connectivity index (χ2v) is 8.61. The molecule has 1 heterocycles.